The minimum atomic E-state index is 0.0134. The van der Waals surface area contributed by atoms with E-state index < -0.39 is 0 Å². The lowest BCUT2D eigenvalue weighted by atomic mass is 10.1. The molecule has 1 rings (SSSR count). The number of rotatable bonds is 14. The molecule has 158 valence electrons. The van der Waals surface area contributed by atoms with Crippen LogP contribution in [0.1, 0.15) is 70.9 Å². The predicted molar refractivity (Wildman–Crippen MR) is 116 cm³/mol. The standard InChI is InChI=1S/C23H39N3O2/c1-5-15-26(16-6-2)23(28)14-10-13-22(27)24-18-20-11-9-12-21(17-20)19-25(7-3)8-4/h9,11-12,17H,5-8,10,13-16,18-19H2,1-4H3,(H,24,27). The van der Waals surface area contributed by atoms with Gasteiger partial charge in [-0.3, -0.25) is 14.5 Å². The fourth-order valence-corrected chi connectivity index (χ4v) is 3.29. The Morgan fingerprint density at radius 2 is 1.57 bits per heavy atom. The van der Waals surface area contributed by atoms with E-state index in [1.165, 1.54) is 5.56 Å². The van der Waals surface area contributed by atoms with Crippen LogP contribution >= 0.6 is 0 Å². The molecule has 0 radical (unpaired) electrons. The molecular formula is C23H39N3O2. The lowest BCUT2D eigenvalue weighted by Gasteiger charge is -2.21. The maximum Gasteiger partial charge on any atom is 0.222 e. The summed E-state index contributed by atoms with van der Waals surface area (Å²) in [6.45, 7) is 13.7. The molecule has 28 heavy (non-hydrogen) atoms. The highest BCUT2D eigenvalue weighted by Crippen LogP contribution is 2.09. The summed E-state index contributed by atoms with van der Waals surface area (Å²) in [5.41, 5.74) is 2.39. The second-order valence-electron chi connectivity index (χ2n) is 7.29. The Bertz CT molecular complexity index is 579. The van der Waals surface area contributed by atoms with Gasteiger partial charge in [-0.2, -0.15) is 0 Å². The van der Waals surface area contributed by atoms with E-state index in [1.54, 1.807) is 0 Å². The van der Waals surface area contributed by atoms with E-state index in [0.29, 0.717) is 25.8 Å². The van der Waals surface area contributed by atoms with Crippen molar-refractivity contribution < 1.29 is 9.59 Å². The molecule has 5 nitrogen and oxygen atoms in total. The highest BCUT2D eigenvalue weighted by molar-refractivity contribution is 5.79. The fraction of sp³-hybridized carbons (Fsp3) is 0.652. The van der Waals surface area contributed by atoms with Gasteiger partial charge in [0.15, 0.2) is 0 Å². The molecule has 0 unspecified atom stereocenters. The lowest BCUT2D eigenvalue weighted by molar-refractivity contribution is -0.131. The van der Waals surface area contributed by atoms with Gasteiger partial charge in [-0.1, -0.05) is 52.0 Å². The van der Waals surface area contributed by atoms with E-state index in [9.17, 15) is 9.59 Å². The highest BCUT2D eigenvalue weighted by Gasteiger charge is 2.12. The van der Waals surface area contributed by atoms with Crippen LogP contribution in [-0.4, -0.2) is 47.8 Å². The molecule has 1 aromatic carbocycles. The smallest absolute Gasteiger partial charge is 0.222 e. The van der Waals surface area contributed by atoms with Gasteiger partial charge in [0.05, 0.1) is 0 Å². The minimum absolute atomic E-state index is 0.0134. The van der Waals surface area contributed by atoms with Crippen LogP contribution in [-0.2, 0) is 22.7 Å². The van der Waals surface area contributed by atoms with Gasteiger partial charge in [0.25, 0.3) is 0 Å². The van der Waals surface area contributed by atoms with E-state index in [1.807, 2.05) is 11.0 Å². The zero-order valence-electron chi connectivity index (χ0n) is 18.3. The Labute approximate surface area is 171 Å². The average Bonchev–Trinajstić information content (AvgIpc) is 2.70. The van der Waals surface area contributed by atoms with Crippen molar-refractivity contribution in [2.75, 3.05) is 26.2 Å². The van der Waals surface area contributed by atoms with Crippen molar-refractivity contribution >= 4 is 11.8 Å². The molecule has 0 atom stereocenters. The number of amides is 2. The zero-order chi connectivity index (χ0) is 20.8. The van der Waals surface area contributed by atoms with Gasteiger partial charge in [-0.05, 0) is 43.5 Å². The quantitative estimate of drug-likeness (QED) is 0.524. The Hall–Kier alpha value is -1.88. The molecule has 0 saturated carbocycles. The Balaban J connectivity index is 2.37. The lowest BCUT2D eigenvalue weighted by Crippen LogP contribution is -2.32. The van der Waals surface area contributed by atoms with Crippen molar-refractivity contribution in [3.05, 3.63) is 35.4 Å². The van der Waals surface area contributed by atoms with Crippen LogP contribution in [0.15, 0.2) is 24.3 Å². The zero-order valence-corrected chi connectivity index (χ0v) is 18.3. The summed E-state index contributed by atoms with van der Waals surface area (Å²) in [4.78, 5) is 28.7. The van der Waals surface area contributed by atoms with Crippen LogP contribution in [0.2, 0.25) is 0 Å². The van der Waals surface area contributed by atoms with E-state index in [0.717, 1.165) is 51.1 Å². The summed E-state index contributed by atoms with van der Waals surface area (Å²) in [7, 11) is 0. The van der Waals surface area contributed by atoms with Crippen molar-refractivity contribution in [2.45, 2.75) is 72.9 Å². The van der Waals surface area contributed by atoms with Crippen molar-refractivity contribution in [3.63, 3.8) is 0 Å². The molecule has 0 spiro atoms. The van der Waals surface area contributed by atoms with Crippen LogP contribution in [0.25, 0.3) is 0 Å². The Morgan fingerprint density at radius 1 is 0.929 bits per heavy atom. The molecule has 0 fully saturated rings. The molecule has 1 N–H and O–H groups in total. The molecule has 0 aliphatic heterocycles. The molecule has 0 aromatic heterocycles. The van der Waals surface area contributed by atoms with Gasteiger partial charge in [-0.15, -0.1) is 0 Å². The van der Waals surface area contributed by atoms with Crippen molar-refractivity contribution in [1.82, 2.24) is 15.1 Å². The number of benzene rings is 1. The Kier molecular flexibility index (Phi) is 12.2. The third-order valence-corrected chi connectivity index (χ3v) is 4.92. The van der Waals surface area contributed by atoms with Gasteiger partial charge in [-0.25, -0.2) is 0 Å². The molecule has 1 aromatic rings. The number of carbonyl (C=O) groups excluding carboxylic acids is 2. The number of nitrogens with one attached hydrogen (secondary N) is 1. The maximum atomic E-state index is 12.2. The van der Waals surface area contributed by atoms with Crippen LogP contribution in [0.3, 0.4) is 0 Å². The van der Waals surface area contributed by atoms with Crippen LogP contribution in [0.4, 0.5) is 0 Å². The third-order valence-electron chi connectivity index (χ3n) is 4.92. The summed E-state index contributed by atoms with van der Waals surface area (Å²) in [5, 5.41) is 2.98. The van der Waals surface area contributed by atoms with Crippen LogP contribution in [0.5, 0.6) is 0 Å². The van der Waals surface area contributed by atoms with Crippen LogP contribution in [0, 0.1) is 0 Å². The molecule has 0 heterocycles. The fourth-order valence-electron chi connectivity index (χ4n) is 3.29. The van der Waals surface area contributed by atoms with Crippen molar-refractivity contribution in [3.8, 4) is 0 Å². The predicted octanol–water partition coefficient (Wildman–Crippen LogP) is 3.96. The first kappa shape index (κ1) is 24.2. The first-order valence-electron chi connectivity index (χ1n) is 10.9. The number of hydrogen-bond donors (Lipinski definition) is 1. The summed E-state index contributed by atoms with van der Waals surface area (Å²) < 4.78 is 0. The monoisotopic (exact) mass is 389 g/mol. The second kappa shape index (κ2) is 14.2. The highest BCUT2D eigenvalue weighted by atomic mass is 16.2. The van der Waals surface area contributed by atoms with Crippen molar-refractivity contribution in [1.29, 1.82) is 0 Å². The normalized spacial score (nSPS) is 10.9. The van der Waals surface area contributed by atoms with Gasteiger partial charge >= 0.3 is 0 Å². The maximum absolute atomic E-state index is 12.2. The summed E-state index contributed by atoms with van der Waals surface area (Å²) >= 11 is 0. The minimum Gasteiger partial charge on any atom is -0.352 e. The largest absolute Gasteiger partial charge is 0.352 e. The summed E-state index contributed by atoms with van der Waals surface area (Å²) in [6.07, 6.45) is 3.40. The number of hydrogen-bond acceptors (Lipinski definition) is 3. The second-order valence-corrected chi connectivity index (χ2v) is 7.29. The SMILES string of the molecule is CCCN(CCC)C(=O)CCCC(=O)NCc1cccc(CN(CC)CC)c1. The molecule has 0 saturated heterocycles. The van der Waals surface area contributed by atoms with Crippen LogP contribution < -0.4 is 5.32 Å². The summed E-state index contributed by atoms with van der Waals surface area (Å²) in [5.74, 6) is 0.181. The molecular weight excluding hydrogens is 350 g/mol. The summed E-state index contributed by atoms with van der Waals surface area (Å²) in [6, 6.07) is 8.39. The first-order chi connectivity index (χ1) is 13.5. The van der Waals surface area contributed by atoms with E-state index in [2.05, 4.69) is 56.1 Å². The first-order valence-corrected chi connectivity index (χ1v) is 10.9. The van der Waals surface area contributed by atoms with E-state index in [4.69, 9.17) is 0 Å². The third kappa shape index (κ3) is 9.36. The molecule has 0 aliphatic carbocycles. The van der Waals surface area contributed by atoms with Gasteiger partial charge < -0.3 is 10.2 Å². The van der Waals surface area contributed by atoms with Gasteiger partial charge in [0.1, 0.15) is 0 Å². The van der Waals surface area contributed by atoms with E-state index >= 15 is 0 Å². The average molecular weight is 390 g/mol. The number of carbonyl (C=O) groups is 2. The van der Waals surface area contributed by atoms with Gasteiger partial charge in [0, 0.05) is 39.0 Å². The molecule has 5 heteroatoms. The van der Waals surface area contributed by atoms with Gasteiger partial charge in [0.2, 0.25) is 11.8 Å². The Morgan fingerprint density at radius 3 is 2.18 bits per heavy atom. The van der Waals surface area contributed by atoms with Crippen molar-refractivity contribution in [2.24, 2.45) is 0 Å². The topological polar surface area (TPSA) is 52.7 Å². The molecule has 0 aliphatic rings. The van der Waals surface area contributed by atoms with E-state index in [-0.39, 0.29) is 11.8 Å². The molecule has 0 bridgehead atoms. The number of nitrogens with zero attached hydrogens (tertiary/aromatic N) is 2. The molecule has 2 amide bonds.